The van der Waals surface area contributed by atoms with Crippen molar-refractivity contribution in [2.45, 2.75) is 32.2 Å². The van der Waals surface area contributed by atoms with Crippen molar-refractivity contribution in [3.05, 3.63) is 65.7 Å². The number of hydrogen-bond donors (Lipinski definition) is 1. The second kappa shape index (κ2) is 9.39. The van der Waals surface area contributed by atoms with Gasteiger partial charge in [0.25, 0.3) is 0 Å². The zero-order valence-corrected chi connectivity index (χ0v) is 15.3. The quantitative estimate of drug-likeness (QED) is 0.741. The van der Waals surface area contributed by atoms with Crippen LogP contribution in [0.2, 0.25) is 0 Å². The molecule has 1 aliphatic rings. The van der Waals surface area contributed by atoms with Gasteiger partial charge in [0, 0.05) is 12.5 Å². The molecule has 1 amide bonds. The topological polar surface area (TPSA) is 55.6 Å². The fraction of sp³-hybridized carbons (Fsp3) is 0.409. The molecule has 1 aliphatic heterocycles. The molecule has 0 saturated carbocycles. The first-order valence-electron chi connectivity index (χ1n) is 9.48. The van der Waals surface area contributed by atoms with E-state index in [0.29, 0.717) is 0 Å². The molecule has 1 heterocycles. The summed E-state index contributed by atoms with van der Waals surface area (Å²) in [6.07, 6.45) is 3.80. The van der Waals surface area contributed by atoms with Gasteiger partial charge in [0.1, 0.15) is 5.75 Å². The zero-order valence-electron chi connectivity index (χ0n) is 15.3. The third-order valence-corrected chi connectivity index (χ3v) is 5.04. The van der Waals surface area contributed by atoms with Crippen LogP contribution < -0.4 is 10.5 Å². The normalized spacial score (nSPS) is 15.7. The standard InChI is InChI=1S/C22H28N2O2/c23-22(25)20-12-14-24(15-13-20)17-19-8-10-21(11-9-19)26-16-4-7-18-5-2-1-3-6-18/h1-3,5-6,8-11,20H,4,7,12-17H2,(H2,23,25). The average Bonchev–Trinajstić information content (AvgIpc) is 2.68. The number of carbonyl (C=O) groups is 1. The van der Waals surface area contributed by atoms with Crippen LogP contribution in [0.1, 0.15) is 30.4 Å². The van der Waals surface area contributed by atoms with E-state index in [-0.39, 0.29) is 11.8 Å². The van der Waals surface area contributed by atoms with Crippen LogP contribution in [0.15, 0.2) is 54.6 Å². The van der Waals surface area contributed by atoms with Crippen molar-refractivity contribution >= 4 is 5.91 Å². The molecule has 0 unspecified atom stereocenters. The number of nitrogens with zero attached hydrogens (tertiary/aromatic N) is 1. The van der Waals surface area contributed by atoms with Crippen LogP contribution >= 0.6 is 0 Å². The third-order valence-electron chi connectivity index (χ3n) is 5.04. The summed E-state index contributed by atoms with van der Waals surface area (Å²) in [5, 5.41) is 0. The van der Waals surface area contributed by atoms with Crippen molar-refractivity contribution in [1.82, 2.24) is 4.90 Å². The lowest BCUT2D eigenvalue weighted by atomic mass is 9.96. The summed E-state index contributed by atoms with van der Waals surface area (Å²) in [6, 6.07) is 18.9. The van der Waals surface area contributed by atoms with Crippen molar-refractivity contribution in [1.29, 1.82) is 0 Å². The Hall–Kier alpha value is -2.33. The lowest BCUT2D eigenvalue weighted by Gasteiger charge is -2.30. The van der Waals surface area contributed by atoms with Crippen LogP contribution in [0.25, 0.3) is 0 Å². The summed E-state index contributed by atoms with van der Waals surface area (Å²) in [5.41, 5.74) is 8.02. The van der Waals surface area contributed by atoms with Crippen molar-refractivity contribution in [2.24, 2.45) is 11.7 Å². The fourth-order valence-electron chi connectivity index (χ4n) is 3.44. The maximum atomic E-state index is 11.2. The molecular formula is C22H28N2O2. The predicted molar refractivity (Wildman–Crippen MR) is 104 cm³/mol. The molecule has 2 aromatic carbocycles. The van der Waals surface area contributed by atoms with Gasteiger partial charge < -0.3 is 10.5 Å². The Labute approximate surface area is 156 Å². The highest BCUT2D eigenvalue weighted by Crippen LogP contribution is 2.20. The highest BCUT2D eigenvalue weighted by molar-refractivity contribution is 5.76. The monoisotopic (exact) mass is 352 g/mol. The number of amides is 1. The summed E-state index contributed by atoms with van der Waals surface area (Å²) in [4.78, 5) is 13.6. The predicted octanol–water partition coefficient (Wildman–Crippen LogP) is 3.40. The number of primary amides is 1. The van der Waals surface area contributed by atoms with E-state index in [2.05, 4.69) is 41.3 Å². The van der Waals surface area contributed by atoms with Crippen LogP contribution in [0.5, 0.6) is 5.75 Å². The first-order chi connectivity index (χ1) is 12.7. The largest absolute Gasteiger partial charge is 0.494 e. The Kier molecular flexibility index (Phi) is 6.67. The van der Waals surface area contributed by atoms with E-state index in [0.717, 1.165) is 57.7 Å². The van der Waals surface area contributed by atoms with E-state index in [1.165, 1.54) is 11.1 Å². The van der Waals surface area contributed by atoms with Crippen molar-refractivity contribution in [3.8, 4) is 5.75 Å². The lowest BCUT2D eigenvalue weighted by Crippen LogP contribution is -2.38. The van der Waals surface area contributed by atoms with Gasteiger partial charge in [0.15, 0.2) is 0 Å². The van der Waals surface area contributed by atoms with E-state index < -0.39 is 0 Å². The van der Waals surface area contributed by atoms with Gasteiger partial charge in [-0.05, 0) is 62.0 Å². The van der Waals surface area contributed by atoms with E-state index in [1.807, 2.05) is 18.2 Å². The molecule has 0 spiro atoms. The van der Waals surface area contributed by atoms with Crippen LogP contribution in [-0.2, 0) is 17.8 Å². The molecule has 4 nitrogen and oxygen atoms in total. The van der Waals surface area contributed by atoms with Crippen molar-refractivity contribution in [2.75, 3.05) is 19.7 Å². The molecule has 1 fully saturated rings. The van der Waals surface area contributed by atoms with Gasteiger partial charge in [-0.25, -0.2) is 0 Å². The number of likely N-dealkylation sites (tertiary alicyclic amines) is 1. The maximum Gasteiger partial charge on any atom is 0.220 e. The Bertz CT molecular complexity index is 677. The third kappa shape index (κ3) is 5.60. The van der Waals surface area contributed by atoms with Crippen LogP contribution in [-0.4, -0.2) is 30.5 Å². The second-order valence-corrected chi connectivity index (χ2v) is 7.03. The molecule has 4 heteroatoms. The van der Waals surface area contributed by atoms with E-state index in [1.54, 1.807) is 0 Å². The van der Waals surface area contributed by atoms with Gasteiger partial charge in [-0.15, -0.1) is 0 Å². The van der Waals surface area contributed by atoms with E-state index >= 15 is 0 Å². The minimum absolute atomic E-state index is 0.0536. The number of piperidine rings is 1. The number of ether oxygens (including phenoxy) is 1. The molecule has 3 rings (SSSR count). The Morgan fingerprint density at radius 2 is 1.69 bits per heavy atom. The molecule has 138 valence electrons. The summed E-state index contributed by atoms with van der Waals surface area (Å²) < 4.78 is 5.85. The maximum absolute atomic E-state index is 11.2. The van der Waals surface area contributed by atoms with Crippen LogP contribution in [0, 0.1) is 5.92 Å². The van der Waals surface area contributed by atoms with Crippen molar-refractivity contribution < 1.29 is 9.53 Å². The van der Waals surface area contributed by atoms with Crippen LogP contribution in [0.3, 0.4) is 0 Å². The molecule has 2 aromatic rings. The molecule has 0 atom stereocenters. The molecule has 0 aliphatic carbocycles. The minimum Gasteiger partial charge on any atom is -0.494 e. The molecular weight excluding hydrogens is 324 g/mol. The fourth-order valence-corrected chi connectivity index (χ4v) is 3.44. The highest BCUT2D eigenvalue weighted by atomic mass is 16.5. The van der Waals surface area contributed by atoms with E-state index in [4.69, 9.17) is 10.5 Å². The highest BCUT2D eigenvalue weighted by Gasteiger charge is 2.22. The van der Waals surface area contributed by atoms with Gasteiger partial charge in [-0.2, -0.15) is 0 Å². The molecule has 26 heavy (non-hydrogen) atoms. The molecule has 1 saturated heterocycles. The minimum atomic E-state index is -0.154. The summed E-state index contributed by atoms with van der Waals surface area (Å²) in [5.74, 6) is 0.825. The average molecular weight is 352 g/mol. The van der Waals surface area contributed by atoms with Crippen LogP contribution in [0.4, 0.5) is 0 Å². The Balaban J connectivity index is 1.37. The van der Waals surface area contributed by atoms with Gasteiger partial charge in [0.05, 0.1) is 6.61 Å². The number of rotatable bonds is 8. The summed E-state index contributed by atoms with van der Waals surface area (Å²) >= 11 is 0. The molecule has 0 bridgehead atoms. The smallest absolute Gasteiger partial charge is 0.220 e. The Morgan fingerprint density at radius 1 is 1.00 bits per heavy atom. The molecule has 0 radical (unpaired) electrons. The first-order valence-corrected chi connectivity index (χ1v) is 9.48. The first kappa shape index (κ1) is 18.5. The molecule has 2 N–H and O–H groups in total. The number of benzene rings is 2. The van der Waals surface area contributed by atoms with E-state index in [9.17, 15) is 4.79 Å². The van der Waals surface area contributed by atoms with Gasteiger partial charge in [0.2, 0.25) is 5.91 Å². The number of hydrogen-bond acceptors (Lipinski definition) is 3. The SMILES string of the molecule is NC(=O)C1CCN(Cc2ccc(OCCCc3ccccc3)cc2)CC1. The number of nitrogens with two attached hydrogens (primary N) is 1. The summed E-state index contributed by atoms with van der Waals surface area (Å²) in [6.45, 7) is 3.52. The lowest BCUT2D eigenvalue weighted by molar-refractivity contribution is -0.123. The number of carbonyl (C=O) groups excluding carboxylic acids is 1. The van der Waals surface area contributed by atoms with Gasteiger partial charge in [-0.1, -0.05) is 42.5 Å². The van der Waals surface area contributed by atoms with Gasteiger partial charge in [-0.3, -0.25) is 9.69 Å². The zero-order chi connectivity index (χ0) is 18.2. The van der Waals surface area contributed by atoms with Crippen molar-refractivity contribution in [3.63, 3.8) is 0 Å². The Morgan fingerprint density at radius 3 is 2.35 bits per heavy atom. The number of aryl methyl sites for hydroxylation is 1. The second-order valence-electron chi connectivity index (χ2n) is 7.03. The van der Waals surface area contributed by atoms with Gasteiger partial charge >= 0.3 is 0 Å². The molecule has 0 aromatic heterocycles. The summed E-state index contributed by atoms with van der Waals surface area (Å²) in [7, 11) is 0.